The van der Waals surface area contributed by atoms with Gasteiger partial charge in [-0.2, -0.15) is 5.10 Å². The maximum absolute atomic E-state index is 13.6. The lowest BCUT2D eigenvalue weighted by Crippen LogP contribution is -2.33. The van der Waals surface area contributed by atoms with Gasteiger partial charge in [0, 0.05) is 30.7 Å². The Morgan fingerprint density at radius 3 is 2.74 bits per heavy atom. The van der Waals surface area contributed by atoms with Crippen LogP contribution in [-0.4, -0.2) is 52.5 Å². The summed E-state index contributed by atoms with van der Waals surface area (Å²) in [7, 11) is 3.30. The highest BCUT2D eigenvalue weighted by atomic mass is 16.5. The number of benzene rings is 1. The lowest BCUT2D eigenvalue weighted by atomic mass is 9.89. The highest BCUT2D eigenvalue weighted by Crippen LogP contribution is 2.37. The van der Waals surface area contributed by atoms with E-state index in [1.54, 1.807) is 37.6 Å². The van der Waals surface area contributed by atoms with Crippen molar-refractivity contribution < 1.29 is 14.3 Å². The third-order valence-corrected chi connectivity index (χ3v) is 7.18. The van der Waals surface area contributed by atoms with E-state index in [0.717, 1.165) is 47.0 Å². The monoisotopic (exact) mass is 459 g/mol. The number of hydrogen-bond acceptors (Lipinski definition) is 6. The molecule has 1 N–H and O–H groups in total. The van der Waals surface area contributed by atoms with Crippen molar-refractivity contribution in [1.29, 1.82) is 0 Å². The summed E-state index contributed by atoms with van der Waals surface area (Å²) in [4.78, 5) is 35.4. The fraction of sp³-hybridized carbons (Fsp3) is 0.360. The van der Waals surface area contributed by atoms with Crippen LogP contribution >= 0.6 is 0 Å². The Morgan fingerprint density at radius 2 is 1.97 bits per heavy atom. The summed E-state index contributed by atoms with van der Waals surface area (Å²) in [6.07, 6.45) is 6.01. The molecule has 0 bridgehead atoms. The second-order valence-electron chi connectivity index (χ2n) is 9.06. The average molecular weight is 460 g/mol. The molecule has 1 aliphatic carbocycles. The molecule has 34 heavy (non-hydrogen) atoms. The van der Waals surface area contributed by atoms with Crippen molar-refractivity contribution in [2.75, 3.05) is 25.7 Å². The van der Waals surface area contributed by atoms with E-state index in [9.17, 15) is 9.59 Å². The molecule has 174 valence electrons. The molecule has 1 aromatic carbocycles. The smallest absolute Gasteiger partial charge is 0.259 e. The zero-order valence-corrected chi connectivity index (χ0v) is 19.3. The van der Waals surface area contributed by atoms with Gasteiger partial charge in [0.25, 0.3) is 11.5 Å². The van der Waals surface area contributed by atoms with Crippen LogP contribution in [0.2, 0.25) is 0 Å². The highest BCUT2D eigenvalue weighted by Gasteiger charge is 2.33. The van der Waals surface area contributed by atoms with E-state index < -0.39 is 0 Å². The molecule has 1 saturated carbocycles. The fourth-order valence-electron chi connectivity index (χ4n) is 5.16. The van der Waals surface area contributed by atoms with E-state index in [2.05, 4.69) is 15.1 Å². The highest BCUT2D eigenvalue weighted by molar-refractivity contribution is 6.12. The zero-order valence-electron chi connectivity index (χ0n) is 19.3. The number of ether oxygens (including phenoxy) is 2. The summed E-state index contributed by atoms with van der Waals surface area (Å²) < 4.78 is 12.6. The number of aryl methyl sites for hydroxylation is 1. The first-order valence-corrected chi connectivity index (χ1v) is 11.4. The van der Waals surface area contributed by atoms with Gasteiger partial charge in [-0.1, -0.05) is 0 Å². The lowest BCUT2D eigenvalue weighted by molar-refractivity contribution is 0.00393. The number of carbonyl (C=O) groups excluding carboxylic acids is 1. The van der Waals surface area contributed by atoms with E-state index in [1.807, 2.05) is 23.7 Å². The number of H-pyrrole nitrogens is 1. The summed E-state index contributed by atoms with van der Waals surface area (Å²) in [5.74, 6) is 0.429. The van der Waals surface area contributed by atoms with Crippen LogP contribution in [0.5, 0.6) is 5.88 Å². The van der Waals surface area contributed by atoms with Gasteiger partial charge in [-0.15, -0.1) is 0 Å². The summed E-state index contributed by atoms with van der Waals surface area (Å²) in [5.41, 5.74) is 4.46. The molecule has 0 radical (unpaired) electrons. The van der Waals surface area contributed by atoms with Crippen LogP contribution in [0, 0.1) is 6.92 Å². The number of amides is 1. The first-order chi connectivity index (χ1) is 16.5. The molecule has 6 rings (SSSR count). The second-order valence-corrected chi connectivity index (χ2v) is 9.06. The number of aromatic nitrogens is 4. The number of aromatic amines is 1. The number of nitrogens with one attached hydrogen (secondary N) is 1. The number of methoxy groups -OCH3 is 2. The van der Waals surface area contributed by atoms with Crippen LogP contribution in [0.1, 0.15) is 40.4 Å². The molecule has 4 aromatic rings. The van der Waals surface area contributed by atoms with E-state index in [4.69, 9.17) is 9.47 Å². The quantitative estimate of drug-likeness (QED) is 0.503. The number of fused-ring (bicyclic) bond motifs is 4. The number of pyridine rings is 2. The van der Waals surface area contributed by atoms with Crippen molar-refractivity contribution in [2.45, 2.75) is 38.3 Å². The minimum Gasteiger partial charge on any atom is -0.481 e. The molecule has 9 heteroatoms. The summed E-state index contributed by atoms with van der Waals surface area (Å²) >= 11 is 0. The van der Waals surface area contributed by atoms with Crippen molar-refractivity contribution in [1.82, 2.24) is 19.7 Å². The first-order valence-electron chi connectivity index (χ1n) is 11.4. The zero-order chi connectivity index (χ0) is 23.6. The van der Waals surface area contributed by atoms with Crippen molar-refractivity contribution in [3.63, 3.8) is 0 Å². The standard InChI is InChI=1S/C25H25N5O4/c1-13-6-18-20(28-24(31)19-11-27-30(23(18)19)15-8-16(9-15)33-2)10-17(13)25(32)29-5-4-14-7-22(34-3)26-12-21(14)29/h6-7,10-12,15-16H,4-5,8-9H2,1-3H3,(H,28,31). The van der Waals surface area contributed by atoms with Gasteiger partial charge >= 0.3 is 0 Å². The number of rotatable bonds is 4. The van der Waals surface area contributed by atoms with Crippen LogP contribution in [0.25, 0.3) is 21.8 Å². The predicted octanol–water partition coefficient (Wildman–Crippen LogP) is 3.14. The minimum atomic E-state index is -0.207. The van der Waals surface area contributed by atoms with Gasteiger partial charge in [0.15, 0.2) is 0 Å². The molecule has 0 saturated heterocycles. The minimum absolute atomic E-state index is 0.110. The molecule has 0 spiro atoms. The van der Waals surface area contributed by atoms with Gasteiger partial charge in [0.05, 0.1) is 53.8 Å². The molecule has 3 aromatic heterocycles. The van der Waals surface area contributed by atoms with E-state index in [0.29, 0.717) is 28.9 Å². The second kappa shape index (κ2) is 7.66. The summed E-state index contributed by atoms with van der Waals surface area (Å²) in [6.45, 7) is 2.50. The molecule has 4 heterocycles. The van der Waals surface area contributed by atoms with Gasteiger partial charge < -0.3 is 19.4 Å². The van der Waals surface area contributed by atoms with Crippen molar-refractivity contribution >= 4 is 33.4 Å². The lowest BCUT2D eigenvalue weighted by Gasteiger charge is -2.34. The van der Waals surface area contributed by atoms with E-state index in [1.165, 1.54) is 0 Å². The first kappa shape index (κ1) is 20.9. The van der Waals surface area contributed by atoms with Crippen LogP contribution in [0.15, 0.2) is 35.4 Å². The molecule has 0 atom stereocenters. The third kappa shape index (κ3) is 3.03. The Bertz CT molecular complexity index is 1520. The van der Waals surface area contributed by atoms with Gasteiger partial charge in [-0.3, -0.25) is 14.3 Å². The summed E-state index contributed by atoms with van der Waals surface area (Å²) in [6, 6.07) is 5.84. The van der Waals surface area contributed by atoms with Crippen molar-refractivity contribution in [2.24, 2.45) is 0 Å². The Balaban J connectivity index is 1.43. The van der Waals surface area contributed by atoms with Gasteiger partial charge in [-0.05, 0) is 49.4 Å². The molecular formula is C25H25N5O4. The Labute approximate surface area is 195 Å². The molecule has 0 unspecified atom stereocenters. The molecular weight excluding hydrogens is 434 g/mol. The number of hydrogen-bond donors (Lipinski definition) is 1. The maximum atomic E-state index is 13.6. The molecule has 1 fully saturated rings. The summed E-state index contributed by atoms with van der Waals surface area (Å²) in [5, 5.41) is 5.98. The third-order valence-electron chi connectivity index (χ3n) is 7.18. The molecule has 9 nitrogen and oxygen atoms in total. The maximum Gasteiger partial charge on any atom is 0.259 e. The predicted molar refractivity (Wildman–Crippen MR) is 128 cm³/mol. The van der Waals surface area contributed by atoms with Crippen molar-refractivity contribution in [3.8, 4) is 5.88 Å². The van der Waals surface area contributed by atoms with E-state index in [-0.39, 0.29) is 23.6 Å². The topological polar surface area (TPSA) is 102 Å². The largest absolute Gasteiger partial charge is 0.481 e. The van der Waals surface area contributed by atoms with Gasteiger partial charge in [0.2, 0.25) is 5.88 Å². The average Bonchev–Trinajstić information content (AvgIpc) is 3.43. The van der Waals surface area contributed by atoms with Gasteiger partial charge in [-0.25, -0.2) is 4.98 Å². The Morgan fingerprint density at radius 1 is 1.15 bits per heavy atom. The van der Waals surface area contributed by atoms with Crippen LogP contribution in [-0.2, 0) is 11.2 Å². The van der Waals surface area contributed by atoms with Crippen molar-refractivity contribution in [3.05, 3.63) is 57.6 Å². The van der Waals surface area contributed by atoms with Crippen LogP contribution in [0.3, 0.4) is 0 Å². The molecule has 1 aliphatic heterocycles. The van der Waals surface area contributed by atoms with E-state index >= 15 is 0 Å². The number of nitrogens with zero attached hydrogens (tertiary/aromatic N) is 4. The SMILES string of the molecule is COc1cc2c(cn1)N(C(=O)c1cc3[nH]c(=O)c4cnn(C5CC(OC)C5)c4c3cc1C)CC2. The van der Waals surface area contributed by atoms with Crippen LogP contribution < -0.4 is 15.2 Å². The fourth-order valence-corrected chi connectivity index (χ4v) is 5.16. The molecule has 2 aliphatic rings. The number of carbonyl (C=O) groups is 1. The van der Waals surface area contributed by atoms with Gasteiger partial charge in [0.1, 0.15) is 0 Å². The normalized spacial score (nSPS) is 19.4. The Hall–Kier alpha value is -3.72. The molecule has 1 amide bonds. The number of anilines is 1. The Kier molecular flexibility index (Phi) is 4.70. The van der Waals surface area contributed by atoms with Crippen LogP contribution in [0.4, 0.5) is 5.69 Å².